The first-order valence-electron chi connectivity index (χ1n) is 9.59. The van der Waals surface area contributed by atoms with E-state index in [-0.39, 0.29) is 10.3 Å². The molecule has 0 amide bonds. The molecule has 180 valence electrons. The molecular weight excluding hydrogens is 585 g/mol. The maximum atomic E-state index is 11.6. The van der Waals surface area contributed by atoms with Crippen LogP contribution in [-0.4, -0.2) is 59.4 Å². The van der Waals surface area contributed by atoms with Gasteiger partial charge in [0.1, 0.15) is 10.3 Å². The number of nitrogens with zero attached hydrogens (tertiary/aromatic N) is 2. The number of ether oxygens (including phenoxy) is 2. The molecule has 0 saturated carbocycles. The summed E-state index contributed by atoms with van der Waals surface area (Å²) in [5.41, 5.74) is 0.224. The zero-order valence-corrected chi connectivity index (χ0v) is 23.1. The molecule has 0 atom stereocenters. The summed E-state index contributed by atoms with van der Waals surface area (Å²) in [6, 6.07) is 6.01. The van der Waals surface area contributed by atoms with Gasteiger partial charge in [0.15, 0.2) is 0 Å². The summed E-state index contributed by atoms with van der Waals surface area (Å²) in [6.45, 7) is 7.77. The van der Waals surface area contributed by atoms with Crippen LogP contribution in [0.4, 0.5) is 0 Å². The van der Waals surface area contributed by atoms with Crippen LogP contribution in [0.1, 0.15) is 48.4 Å². The fourth-order valence-electron chi connectivity index (χ4n) is 2.48. The Balaban J connectivity index is 0.000000354. The van der Waals surface area contributed by atoms with E-state index in [4.69, 9.17) is 32.5 Å². The van der Waals surface area contributed by atoms with Crippen LogP contribution in [0.15, 0.2) is 30.5 Å². The van der Waals surface area contributed by atoms with Crippen LogP contribution in [0.25, 0.3) is 0 Å². The first-order chi connectivity index (χ1) is 15.4. The quantitative estimate of drug-likeness (QED) is 0.166. The molecule has 0 radical (unpaired) electrons. The predicted molar refractivity (Wildman–Crippen MR) is 137 cm³/mol. The zero-order chi connectivity index (χ0) is 25.4. The second-order valence-corrected chi connectivity index (χ2v) is 8.32. The van der Waals surface area contributed by atoms with Gasteiger partial charge in [-0.05, 0) is 56.9 Å². The fourth-order valence-corrected chi connectivity index (χ4v) is 2.87. The van der Waals surface area contributed by atoms with Gasteiger partial charge in [-0.2, -0.15) is 0 Å². The van der Waals surface area contributed by atoms with Crippen molar-refractivity contribution in [1.29, 1.82) is 0 Å². The molecule has 0 aromatic carbocycles. The molecular formula is C21H26BCl2IN2O6. The van der Waals surface area contributed by atoms with Crippen molar-refractivity contribution in [3.8, 4) is 0 Å². The molecule has 0 bridgehead atoms. The number of halogens is 3. The minimum absolute atomic E-state index is 0.192. The van der Waals surface area contributed by atoms with Crippen molar-refractivity contribution < 1.29 is 28.4 Å². The number of hydrogen-bond acceptors (Lipinski definition) is 8. The molecule has 33 heavy (non-hydrogen) atoms. The number of esters is 2. The average Bonchev–Trinajstić information content (AvgIpc) is 3.01. The lowest BCUT2D eigenvalue weighted by atomic mass is 9.83. The van der Waals surface area contributed by atoms with E-state index in [1.807, 2.05) is 32.6 Å². The van der Waals surface area contributed by atoms with Gasteiger partial charge < -0.3 is 18.8 Å². The molecule has 3 rings (SSSR count). The number of carbonyl (C=O) groups excluding carboxylic acids is 2. The SMILES string of the molecule is CI.COC(=O)c1cc(Cl)nc(B2OC(C)(C)C(C)(C)O2)c1.COC(=O)c1ccnc(Cl)c1. The molecule has 2 aromatic heterocycles. The van der Waals surface area contributed by atoms with Crippen LogP contribution in [-0.2, 0) is 18.8 Å². The van der Waals surface area contributed by atoms with Gasteiger partial charge >= 0.3 is 19.1 Å². The number of methoxy groups -OCH3 is 2. The van der Waals surface area contributed by atoms with Crippen molar-refractivity contribution in [1.82, 2.24) is 9.97 Å². The molecule has 1 fully saturated rings. The smallest absolute Gasteiger partial charge is 0.465 e. The lowest BCUT2D eigenvalue weighted by Crippen LogP contribution is -2.41. The zero-order valence-electron chi connectivity index (χ0n) is 19.4. The van der Waals surface area contributed by atoms with Crippen LogP contribution < -0.4 is 5.59 Å². The van der Waals surface area contributed by atoms with Crippen LogP contribution in [0.2, 0.25) is 10.3 Å². The summed E-state index contributed by atoms with van der Waals surface area (Å²) in [7, 11) is 1.96. The minimum atomic E-state index is -0.665. The second-order valence-electron chi connectivity index (χ2n) is 7.54. The van der Waals surface area contributed by atoms with Gasteiger partial charge in [-0.3, -0.25) is 0 Å². The summed E-state index contributed by atoms with van der Waals surface area (Å²) >= 11 is 13.6. The van der Waals surface area contributed by atoms with Crippen molar-refractivity contribution in [2.24, 2.45) is 0 Å². The number of pyridine rings is 2. The first-order valence-corrected chi connectivity index (χ1v) is 12.5. The van der Waals surface area contributed by atoms with E-state index in [1.54, 1.807) is 6.07 Å². The van der Waals surface area contributed by atoms with Gasteiger partial charge in [0.25, 0.3) is 0 Å². The molecule has 2 aromatic rings. The first kappa shape index (κ1) is 29.6. The molecule has 0 unspecified atom stereocenters. The maximum Gasteiger partial charge on any atom is 0.514 e. The van der Waals surface area contributed by atoms with Gasteiger partial charge in [0, 0.05) is 6.20 Å². The van der Waals surface area contributed by atoms with Crippen LogP contribution in [0.5, 0.6) is 0 Å². The van der Waals surface area contributed by atoms with E-state index in [2.05, 4.69) is 42.0 Å². The third kappa shape index (κ3) is 8.06. The van der Waals surface area contributed by atoms with Gasteiger partial charge in [0.2, 0.25) is 0 Å². The third-order valence-electron chi connectivity index (χ3n) is 4.88. The Morgan fingerprint density at radius 1 is 0.909 bits per heavy atom. The topological polar surface area (TPSA) is 96.8 Å². The Hall–Kier alpha value is -1.47. The number of hydrogen-bond donors (Lipinski definition) is 0. The van der Waals surface area contributed by atoms with E-state index in [0.29, 0.717) is 16.7 Å². The highest BCUT2D eigenvalue weighted by atomic mass is 127. The summed E-state index contributed by atoms with van der Waals surface area (Å²) in [5.74, 6) is -0.888. The van der Waals surface area contributed by atoms with E-state index in [0.717, 1.165) is 0 Å². The van der Waals surface area contributed by atoms with Crippen molar-refractivity contribution >= 4 is 70.4 Å². The molecule has 0 N–H and O–H groups in total. The van der Waals surface area contributed by atoms with Crippen molar-refractivity contribution in [2.75, 3.05) is 19.2 Å². The van der Waals surface area contributed by atoms with Crippen LogP contribution in [0.3, 0.4) is 0 Å². The lowest BCUT2D eigenvalue weighted by molar-refractivity contribution is 0.00578. The molecule has 1 saturated heterocycles. The van der Waals surface area contributed by atoms with E-state index in [1.165, 1.54) is 38.6 Å². The largest absolute Gasteiger partial charge is 0.514 e. The number of aromatic nitrogens is 2. The Kier molecular flexibility index (Phi) is 11.5. The average molecular weight is 611 g/mol. The number of alkyl halides is 1. The normalized spacial score (nSPS) is 15.4. The highest BCUT2D eigenvalue weighted by molar-refractivity contribution is 14.1. The highest BCUT2D eigenvalue weighted by Crippen LogP contribution is 2.36. The Labute approximate surface area is 217 Å². The van der Waals surface area contributed by atoms with Gasteiger partial charge in [0.05, 0.1) is 42.1 Å². The summed E-state index contributed by atoms with van der Waals surface area (Å²) < 4.78 is 20.9. The molecule has 12 heteroatoms. The Morgan fingerprint density at radius 2 is 1.39 bits per heavy atom. The third-order valence-corrected chi connectivity index (χ3v) is 5.28. The Morgan fingerprint density at radius 3 is 1.88 bits per heavy atom. The predicted octanol–water partition coefficient (Wildman–Crippen LogP) is 4.39. The van der Waals surface area contributed by atoms with Gasteiger partial charge in [-0.25, -0.2) is 19.6 Å². The molecule has 1 aliphatic heterocycles. The highest BCUT2D eigenvalue weighted by Gasteiger charge is 2.52. The van der Waals surface area contributed by atoms with E-state index < -0.39 is 30.3 Å². The summed E-state index contributed by atoms with van der Waals surface area (Å²) in [4.78, 5) is 32.3. The van der Waals surface area contributed by atoms with Crippen molar-refractivity contribution in [2.45, 2.75) is 38.9 Å². The van der Waals surface area contributed by atoms with Gasteiger partial charge in [-0.15, -0.1) is 0 Å². The van der Waals surface area contributed by atoms with Gasteiger partial charge in [-0.1, -0.05) is 45.8 Å². The lowest BCUT2D eigenvalue weighted by Gasteiger charge is -2.32. The standard InChI is InChI=1S/C13H17BClNO4.C7H6ClNO2.CH3I/c1-12(2)13(3,4)20-14(19-12)9-6-8(11(17)18-5)7-10(15)16-9;1-11-7(10)5-2-3-9-6(8)4-5;1-2/h6-7H,1-5H3;2-4H,1H3;1H3. The molecule has 0 aliphatic carbocycles. The van der Waals surface area contributed by atoms with Crippen molar-refractivity contribution in [3.05, 3.63) is 51.9 Å². The van der Waals surface area contributed by atoms with E-state index >= 15 is 0 Å². The Bertz CT molecular complexity index is 962. The molecule has 8 nitrogen and oxygen atoms in total. The summed E-state index contributed by atoms with van der Waals surface area (Å²) in [5, 5.41) is 0.477. The minimum Gasteiger partial charge on any atom is -0.465 e. The number of rotatable bonds is 3. The van der Waals surface area contributed by atoms with Crippen LogP contribution in [0, 0.1) is 0 Å². The maximum absolute atomic E-state index is 11.6. The fraction of sp³-hybridized carbons (Fsp3) is 0.429. The molecule has 0 spiro atoms. The number of carbonyl (C=O) groups is 2. The monoisotopic (exact) mass is 610 g/mol. The molecule has 3 heterocycles. The summed E-state index contributed by atoms with van der Waals surface area (Å²) in [6.07, 6.45) is 1.45. The van der Waals surface area contributed by atoms with Crippen molar-refractivity contribution in [3.63, 3.8) is 0 Å². The molecule has 1 aliphatic rings. The van der Waals surface area contributed by atoms with Crippen LogP contribution >= 0.6 is 45.8 Å². The second kappa shape index (κ2) is 12.8. The van der Waals surface area contributed by atoms with E-state index in [9.17, 15) is 9.59 Å².